The summed E-state index contributed by atoms with van der Waals surface area (Å²) in [5, 5.41) is 14.2. The fraction of sp³-hybridized carbons (Fsp3) is 0.750. The average Bonchev–Trinajstić information content (AvgIpc) is 3.16. The number of rotatable bonds is 4. The number of aliphatic hydroxyl groups is 1. The van der Waals surface area contributed by atoms with Crippen LogP contribution in [0.1, 0.15) is 23.2 Å². The van der Waals surface area contributed by atoms with Crippen LogP contribution in [-0.2, 0) is 11.3 Å². The van der Waals surface area contributed by atoms with Gasteiger partial charge in [-0.1, -0.05) is 0 Å². The number of aromatic nitrogens is 2. The molecule has 1 amide bonds. The topological polar surface area (TPSA) is 70.8 Å². The monoisotopic (exact) mass is 322 g/mol. The molecule has 1 aromatic heterocycles. The van der Waals surface area contributed by atoms with E-state index in [2.05, 4.69) is 10.00 Å². The van der Waals surface area contributed by atoms with Crippen molar-refractivity contribution >= 4 is 5.91 Å². The lowest BCUT2D eigenvalue weighted by molar-refractivity contribution is 0.0559. The molecule has 0 saturated carbocycles. The third-order valence-electron chi connectivity index (χ3n) is 4.87. The van der Waals surface area contributed by atoms with Gasteiger partial charge in [-0.25, -0.2) is 0 Å². The second kappa shape index (κ2) is 6.98. The second-order valence-electron chi connectivity index (χ2n) is 6.80. The molecule has 2 aliphatic rings. The van der Waals surface area contributed by atoms with E-state index in [1.165, 1.54) is 0 Å². The number of ether oxygens (including phenoxy) is 1. The number of hydrogen-bond acceptors (Lipinski definition) is 5. The van der Waals surface area contributed by atoms with Gasteiger partial charge in [0.1, 0.15) is 0 Å². The molecule has 0 aromatic carbocycles. The van der Waals surface area contributed by atoms with Crippen molar-refractivity contribution in [2.45, 2.75) is 31.5 Å². The first-order valence-electron chi connectivity index (χ1n) is 8.28. The Balaban J connectivity index is 1.50. The predicted molar refractivity (Wildman–Crippen MR) is 85.2 cm³/mol. The third kappa shape index (κ3) is 3.73. The van der Waals surface area contributed by atoms with Crippen LogP contribution in [0.25, 0.3) is 0 Å². The SMILES string of the molecule is CN(C)C(=O)c1cnn(CC2CCN([C@@H]3COC[C@H]3O)CC2)c1. The zero-order valence-electron chi connectivity index (χ0n) is 13.9. The fourth-order valence-electron chi connectivity index (χ4n) is 3.44. The maximum Gasteiger partial charge on any atom is 0.256 e. The standard InChI is InChI=1S/C16H26N4O3/c1-18(2)16(22)13-7-17-20(9-13)8-12-3-5-19(6-4-12)14-10-23-11-15(14)21/h7,9,12,14-15,21H,3-6,8,10-11H2,1-2H3/t14-,15-/m1/s1. The lowest BCUT2D eigenvalue weighted by atomic mass is 9.95. The van der Waals surface area contributed by atoms with Crippen molar-refractivity contribution in [2.24, 2.45) is 5.92 Å². The molecule has 1 aromatic rings. The van der Waals surface area contributed by atoms with Gasteiger partial charge in [-0.15, -0.1) is 0 Å². The van der Waals surface area contributed by atoms with E-state index in [1.54, 1.807) is 25.2 Å². The number of carbonyl (C=O) groups excluding carboxylic acids is 1. The Hall–Kier alpha value is -1.44. The zero-order valence-corrected chi connectivity index (χ0v) is 13.9. The van der Waals surface area contributed by atoms with E-state index in [1.807, 2.05) is 10.9 Å². The smallest absolute Gasteiger partial charge is 0.256 e. The minimum atomic E-state index is -0.350. The Morgan fingerprint density at radius 2 is 2.13 bits per heavy atom. The molecule has 0 radical (unpaired) electrons. The lowest BCUT2D eigenvalue weighted by Crippen LogP contribution is -2.47. The molecule has 1 N–H and O–H groups in total. The molecule has 2 fully saturated rings. The number of hydrogen-bond donors (Lipinski definition) is 1. The van der Waals surface area contributed by atoms with Crippen molar-refractivity contribution in [1.82, 2.24) is 19.6 Å². The van der Waals surface area contributed by atoms with Gasteiger partial charge in [0.25, 0.3) is 5.91 Å². The molecule has 3 rings (SSSR count). The summed E-state index contributed by atoms with van der Waals surface area (Å²) >= 11 is 0. The summed E-state index contributed by atoms with van der Waals surface area (Å²) in [6.45, 7) is 3.92. The summed E-state index contributed by atoms with van der Waals surface area (Å²) in [7, 11) is 3.49. The summed E-state index contributed by atoms with van der Waals surface area (Å²) in [4.78, 5) is 15.8. The van der Waals surface area contributed by atoms with E-state index in [0.29, 0.717) is 24.7 Å². The van der Waals surface area contributed by atoms with E-state index < -0.39 is 0 Å². The molecule has 7 nitrogen and oxygen atoms in total. The molecule has 2 aliphatic heterocycles. The first kappa shape index (κ1) is 16.4. The van der Waals surface area contributed by atoms with Crippen molar-refractivity contribution in [3.05, 3.63) is 18.0 Å². The van der Waals surface area contributed by atoms with Crippen molar-refractivity contribution in [1.29, 1.82) is 0 Å². The minimum absolute atomic E-state index is 0.0127. The Bertz CT molecular complexity index is 537. The van der Waals surface area contributed by atoms with Crippen LogP contribution >= 0.6 is 0 Å². The molecule has 128 valence electrons. The molecule has 3 heterocycles. The second-order valence-corrected chi connectivity index (χ2v) is 6.80. The molecule has 0 bridgehead atoms. The van der Waals surface area contributed by atoms with E-state index >= 15 is 0 Å². The van der Waals surface area contributed by atoms with Crippen LogP contribution < -0.4 is 0 Å². The highest BCUT2D eigenvalue weighted by Gasteiger charge is 2.33. The van der Waals surface area contributed by atoms with E-state index in [4.69, 9.17) is 4.74 Å². The van der Waals surface area contributed by atoms with Crippen LogP contribution in [0.15, 0.2) is 12.4 Å². The first-order valence-corrected chi connectivity index (χ1v) is 8.28. The van der Waals surface area contributed by atoms with Gasteiger partial charge in [-0.2, -0.15) is 5.10 Å². The molecule has 0 spiro atoms. The van der Waals surface area contributed by atoms with E-state index in [0.717, 1.165) is 32.5 Å². The van der Waals surface area contributed by atoms with Gasteiger partial charge >= 0.3 is 0 Å². The maximum atomic E-state index is 11.9. The summed E-state index contributed by atoms with van der Waals surface area (Å²) in [6.07, 6.45) is 5.30. The van der Waals surface area contributed by atoms with Crippen LogP contribution in [0.3, 0.4) is 0 Å². The van der Waals surface area contributed by atoms with Gasteiger partial charge in [-0.3, -0.25) is 14.4 Å². The van der Waals surface area contributed by atoms with Crippen LogP contribution in [0.5, 0.6) is 0 Å². The first-order chi connectivity index (χ1) is 11.0. The number of likely N-dealkylation sites (tertiary alicyclic amines) is 1. The quantitative estimate of drug-likeness (QED) is 0.849. The van der Waals surface area contributed by atoms with Gasteiger partial charge in [0, 0.05) is 26.8 Å². The van der Waals surface area contributed by atoms with E-state index in [-0.39, 0.29) is 18.1 Å². The Morgan fingerprint density at radius 1 is 1.39 bits per heavy atom. The summed E-state index contributed by atoms with van der Waals surface area (Å²) in [6, 6.07) is 0.157. The fourth-order valence-corrected chi connectivity index (χ4v) is 3.44. The number of aliphatic hydroxyl groups excluding tert-OH is 1. The van der Waals surface area contributed by atoms with Crippen LogP contribution in [0, 0.1) is 5.92 Å². The zero-order chi connectivity index (χ0) is 16.4. The Labute approximate surface area is 136 Å². The highest BCUT2D eigenvalue weighted by Crippen LogP contribution is 2.23. The van der Waals surface area contributed by atoms with Crippen molar-refractivity contribution in [2.75, 3.05) is 40.4 Å². The largest absolute Gasteiger partial charge is 0.389 e. The Kier molecular flexibility index (Phi) is 4.99. The molecule has 2 atom stereocenters. The molecular formula is C16H26N4O3. The summed E-state index contributed by atoms with van der Waals surface area (Å²) in [5.41, 5.74) is 0.638. The van der Waals surface area contributed by atoms with Crippen LogP contribution in [-0.4, -0.2) is 83.1 Å². The molecule has 2 saturated heterocycles. The molecular weight excluding hydrogens is 296 g/mol. The number of amides is 1. The van der Waals surface area contributed by atoms with Crippen molar-refractivity contribution < 1.29 is 14.6 Å². The minimum Gasteiger partial charge on any atom is -0.389 e. The van der Waals surface area contributed by atoms with Gasteiger partial charge in [0.2, 0.25) is 0 Å². The van der Waals surface area contributed by atoms with E-state index in [9.17, 15) is 9.90 Å². The molecule has 7 heteroatoms. The highest BCUT2D eigenvalue weighted by molar-refractivity contribution is 5.93. The van der Waals surface area contributed by atoms with Gasteiger partial charge in [-0.05, 0) is 31.8 Å². The van der Waals surface area contributed by atoms with Crippen LogP contribution in [0.4, 0.5) is 0 Å². The average molecular weight is 322 g/mol. The number of piperidine rings is 1. The summed E-state index contributed by atoms with van der Waals surface area (Å²) < 4.78 is 7.23. The van der Waals surface area contributed by atoms with Gasteiger partial charge in [0.05, 0.1) is 37.1 Å². The predicted octanol–water partition coefficient (Wildman–Crippen LogP) is 0.0566. The van der Waals surface area contributed by atoms with Gasteiger partial charge < -0.3 is 14.7 Å². The van der Waals surface area contributed by atoms with Gasteiger partial charge in [0.15, 0.2) is 0 Å². The normalized spacial score (nSPS) is 26.6. The highest BCUT2D eigenvalue weighted by atomic mass is 16.5. The summed E-state index contributed by atoms with van der Waals surface area (Å²) in [5.74, 6) is 0.550. The van der Waals surface area contributed by atoms with Crippen LogP contribution in [0.2, 0.25) is 0 Å². The molecule has 0 unspecified atom stereocenters. The molecule has 0 aliphatic carbocycles. The number of carbonyl (C=O) groups is 1. The third-order valence-corrected chi connectivity index (χ3v) is 4.87. The maximum absolute atomic E-state index is 11.9. The Morgan fingerprint density at radius 3 is 2.74 bits per heavy atom. The lowest BCUT2D eigenvalue weighted by Gasteiger charge is -2.36. The van der Waals surface area contributed by atoms with Crippen molar-refractivity contribution in [3.8, 4) is 0 Å². The van der Waals surface area contributed by atoms with Crippen molar-refractivity contribution in [3.63, 3.8) is 0 Å². The number of nitrogens with zero attached hydrogens (tertiary/aromatic N) is 4. The molecule has 23 heavy (non-hydrogen) atoms.